The molecule has 0 fully saturated rings. The van der Waals surface area contributed by atoms with Gasteiger partial charge in [0.15, 0.2) is 0 Å². The van der Waals surface area contributed by atoms with E-state index in [1.165, 1.54) is 0 Å². The molecule has 0 unspecified atom stereocenters. The van der Waals surface area contributed by atoms with Crippen LogP contribution in [0.5, 0.6) is 0 Å². The Labute approximate surface area is 63.2 Å². The molecule has 0 rings (SSSR count). The van der Waals surface area contributed by atoms with E-state index in [2.05, 4.69) is 11.8 Å². The third-order valence-electron chi connectivity index (χ3n) is 0.302. The van der Waals surface area contributed by atoms with E-state index >= 15 is 0 Å². The lowest BCUT2D eigenvalue weighted by Crippen LogP contribution is -1.86. The van der Waals surface area contributed by atoms with Crippen LogP contribution in [0.25, 0.3) is 0 Å². The van der Waals surface area contributed by atoms with Gasteiger partial charge >= 0.3 is 12.7 Å². The van der Waals surface area contributed by atoms with Crippen molar-refractivity contribution in [2.24, 2.45) is 0 Å². The first-order valence-corrected chi connectivity index (χ1v) is 4.93. The van der Waals surface area contributed by atoms with Gasteiger partial charge in [-0.2, -0.15) is 0 Å². The third-order valence-corrected chi connectivity index (χ3v) is 0.302. The summed E-state index contributed by atoms with van der Waals surface area (Å²) < 4.78 is 0. The second-order valence-corrected chi connectivity index (χ2v) is 3.76. The van der Waals surface area contributed by atoms with Crippen molar-refractivity contribution in [1.82, 2.24) is 0 Å². The van der Waals surface area contributed by atoms with Crippen molar-refractivity contribution >= 4 is 24.5 Å². The van der Waals surface area contributed by atoms with Gasteiger partial charge in [-0.05, 0) is 11.8 Å². The smallest absolute Gasteiger partial charge is 0.319 e. The number of aliphatic carboxylic acids is 1. The highest BCUT2D eigenvalue weighted by Crippen LogP contribution is 2.26. The van der Waals surface area contributed by atoms with E-state index in [0.717, 1.165) is 0 Å². The van der Waals surface area contributed by atoms with Gasteiger partial charge in [0.1, 0.15) is 0 Å². The van der Waals surface area contributed by atoms with E-state index in [4.69, 9.17) is 19.8 Å². The average molecular weight is 188 g/mol. The molecule has 0 saturated carbocycles. The van der Waals surface area contributed by atoms with E-state index in [9.17, 15) is 4.79 Å². The van der Waals surface area contributed by atoms with Gasteiger partial charge < -0.3 is 19.8 Å². The van der Waals surface area contributed by atoms with E-state index in [0.29, 0.717) is 0 Å². The van der Waals surface area contributed by atoms with Gasteiger partial charge in [-0.25, -0.2) is 0 Å². The van der Waals surface area contributed by atoms with E-state index < -0.39 is 12.7 Å². The zero-order chi connectivity index (χ0) is 8.78. The number of carbonyl (C=O) groups is 1. The zero-order valence-electron chi connectivity index (χ0n) is 5.26. The topological polar surface area (TPSA) is 98.0 Å². The van der Waals surface area contributed by atoms with Crippen LogP contribution >= 0.6 is 6.72 Å². The minimum atomic E-state index is -3.81. The minimum Gasteiger partial charge on any atom is -0.481 e. The first kappa shape index (κ1) is 12.7. The number of carboxylic acids is 1. The first-order valence-electron chi connectivity index (χ1n) is 2.27. The Morgan fingerprint density at radius 3 is 1.60 bits per heavy atom. The van der Waals surface area contributed by atoms with Crippen molar-refractivity contribution in [3.05, 3.63) is 0 Å². The molecule has 0 aromatic rings. The molecule has 0 radical (unpaired) electrons. The van der Waals surface area contributed by atoms with Gasteiger partial charge in [0.2, 0.25) is 0 Å². The summed E-state index contributed by atoms with van der Waals surface area (Å²) >= 11 is 3.60. The molecule has 62 valence electrons. The SMILES string of the molecule is CCC(=O)O.OP(O)(O)=S. The molecule has 5 nitrogen and oxygen atoms in total. The first-order chi connectivity index (χ1) is 4.27. The maximum Gasteiger partial charge on any atom is 0.319 e. The average Bonchev–Trinajstić information content (AvgIpc) is 1.61. The van der Waals surface area contributed by atoms with Crippen molar-refractivity contribution in [2.75, 3.05) is 0 Å². The number of carboxylic acid groups (broad SMARTS) is 1. The molecule has 0 heterocycles. The molecule has 7 heteroatoms. The molecule has 4 N–H and O–H groups in total. The summed E-state index contributed by atoms with van der Waals surface area (Å²) in [6.45, 7) is -2.21. The molecule has 0 aliphatic heterocycles. The summed E-state index contributed by atoms with van der Waals surface area (Å²) in [6, 6.07) is 0. The summed E-state index contributed by atoms with van der Waals surface area (Å²) in [7, 11) is 0. The number of rotatable bonds is 1. The molecular formula is C3H9O5PS. The van der Waals surface area contributed by atoms with Crippen LogP contribution in [-0.2, 0) is 16.6 Å². The predicted octanol–water partition coefficient (Wildman–Crippen LogP) is -0.331. The van der Waals surface area contributed by atoms with E-state index in [1.54, 1.807) is 6.92 Å². The normalized spacial score (nSPS) is 9.60. The molecule has 0 aromatic heterocycles. The van der Waals surface area contributed by atoms with E-state index in [-0.39, 0.29) is 6.42 Å². The fourth-order valence-electron chi connectivity index (χ4n) is 0. The minimum absolute atomic E-state index is 0.222. The van der Waals surface area contributed by atoms with Crippen molar-refractivity contribution < 1.29 is 24.6 Å². The Bertz CT molecular complexity index is 132. The summed E-state index contributed by atoms with van der Waals surface area (Å²) in [5.74, 6) is -0.745. The Hall–Kier alpha value is -0.0000000000000000833. The molecule has 0 aliphatic carbocycles. The fourth-order valence-corrected chi connectivity index (χ4v) is 0. The zero-order valence-corrected chi connectivity index (χ0v) is 6.97. The summed E-state index contributed by atoms with van der Waals surface area (Å²) in [5, 5.41) is 7.72. The predicted molar refractivity (Wildman–Crippen MR) is 38.9 cm³/mol. The maximum absolute atomic E-state index is 9.37. The van der Waals surface area contributed by atoms with Gasteiger partial charge in [-0.1, -0.05) is 6.92 Å². The van der Waals surface area contributed by atoms with Crippen LogP contribution in [0.2, 0.25) is 0 Å². The molecule has 0 saturated heterocycles. The van der Waals surface area contributed by atoms with Crippen LogP contribution in [-0.4, -0.2) is 25.8 Å². The van der Waals surface area contributed by atoms with Crippen molar-refractivity contribution in [2.45, 2.75) is 13.3 Å². The quantitative estimate of drug-likeness (QED) is 0.420. The van der Waals surface area contributed by atoms with E-state index in [1.807, 2.05) is 0 Å². The van der Waals surface area contributed by atoms with Crippen LogP contribution in [0, 0.1) is 0 Å². The Kier molecular flexibility index (Phi) is 7.29. The van der Waals surface area contributed by atoms with Crippen LogP contribution in [0.15, 0.2) is 0 Å². The Morgan fingerprint density at radius 2 is 1.60 bits per heavy atom. The summed E-state index contributed by atoms with van der Waals surface area (Å²) in [6.07, 6.45) is 0.222. The van der Waals surface area contributed by atoms with Gasteiger partial charge in [-0.15, -0.1) is 0 Å². The standard InChI is InChI=1S/C3H6O2.H3O3PS/c1-2-3(4)5;1-4(2,3)5/h2H2,1H3,(H,4,5);(H3,1,2,3,5). The summed E-state index contributed by atoms with van der Waals surface area (Å²) in [5.41, 5.74) is 0. The van der Waals surface area contributed by atoms with Crippen LogP contribution < -0.4 is 0 Å². The molecular weight excluding hydrogens is 179 g/mol. The van der Waals surface area contributed by atoms with Crippen molar-refractivity contribution in [1.29, 1.82) is 0 Å². The van der Waals surface area contributed by atoms with Crippen LogP contribution in [0.1, 0.15) is 13.3 Å². The Morgan fingerprint density at radius 1 is 1.50 bits per heavy atom. The lowest BCUT2D eigenvalue weighted by atomic mass is 10.5. The van der Waals surface area contributed by atoms with Gasteiger partial charge in [0, 0.05) is 6.42 Å². The number of hydrogen-bond donors (Lipinski definition) is 4. The molecule has 0 aromatic carbocycles. The largest absolute Gasteiger partial charge is 0.481 e. The molecule has 0 atom stereocenters. The van der Waals surface area contributed by atoms with Gasteiger partial charge in [0.25, 0.3) is 0 Å². The highest BCUT2D eigenvalue weighted by atomic mass is 32.5. The van der Waals surface area contributed by atoms with Gasteiger partial charge in [0.05, 0.1) is 0 Å². The lowest BCUT2D eigenvalue weighted by Gasteiger charge is -1.88. The highest BCUT2D eigenvalue weighted by Gasteiger charge is 1.92. The Balaban J connectivity index is 0. The maximum atomic E-state index is 9.37. The molecule has 0 spiro atoms. The van der Waals surface area contributed by atoms with Crippen LogP contribution in [0.4, 0.5) is 0 Å². The fraction of sp³-hybridized carbons (Fsp3) is 0.667. The van der Waals surface area contributed by atoms with Gasteiger partial charge in [-0.3, -0.25) is 4.79 Å². The molecule has 10 heavy (non-hydrogen) atoms. The second-order valence-electron chi connectivity index (χ2n) is 1.26. The molecule has 0 amide bonds. The third kappa shape index (κ3) is 98.0. The lowest BCUT2D eigenvalue weighted by molar-refractivity contribution is -0.136. The van der Waals surface area contributed by atoms with Crippen LogP contribution in [0.3, 0.4) is 0 Å². The second kappa shape index (κ2) is 5.76. The summed E-state index contributed by atoms with van der Waals surface area (Å²) in [4.78, 5) is 32.0. The molecule has 0 bridgehead atoms. The number of hydrogen-bond acceptors (Lipinski definition) is 2. The van der Waals surface area contributed by atoms with Crippen molar-refractivity contribution in [3.63, 3.8) is 0 Å². The molecule has 0 aliphatic rings. The van der Waals surface area contributed by atoms with Crippen molar-refractivity contribution in [3.8, 4) is 0 Å². The highest BCUT2D eigenvalue weighted by molar-refractivity contribution is 8.06. The monoisotopic (exact) mass is 188 g/mol.